The number of rotatable bonds is 4. The SMILES string of the molecule is O=[C]Oc1ccc([N+](=O)[O-])c([N+](=O)[O-])c1. The first-order valence-corrected chi connectivity index (χ1v) is 3.53. The van der Waals surface area contributed by atoms with Gasteiger partial charge in [-0.1, -0.05) is 0 Å². The molecular formula is C7H3N2O6. The fourth-order valence-electron chi connectivity index (χ4n) is 0.915. The van der Waals surface area contributed by atoms with E-state index < -0.39 is 21.2 Å². The van der Waals surface area contributed by atoms with Crippen LogP contribution in [0.2, 0.25) is 0 Å². The largest absolute Gasteiger partial charge is 0.423 e. The number of hydrogen-bond acceptors (Lipinski definition) is 6. The molecule has 0 saturated carbocycles. The summed E-state index contributed by atoms with van der Waals surface area (Å²) < 4.78 is 4.20. The second-order valence-corrected chi connectivity index (χ2v) is 2.35. The zero-order valence-corrected chi connectivity index (χ0v) is 7.08. The fraction of sp³-hybridized carbons (Fsp3) is 0. The lowest BCUT2D eigenvalue weighted by Gasteiger charge is -1.97. The minimum Gasteiger partial charge on any atom is -0.418 e. The topological polar surface area (TPSA) is 113 Å². The van der Waals surface area contributed by atoms with Gasteiger partial charge in [0.05, 0.1) is 15.9 Å². The maximum absolute atomic E-state index is 10.4. The molecule has 0 bridgehead atoms. The highest BCUT2D eigenvalue weighted by Gasteiger charge is 2.24. The summed E-state index contributed by atoms with van der Waals surface area (Å²) in [6.07, 6.45) is 0. The highest BCUT2D eigenvalue weighted by atomic mass is 16.6. The van der Waals surface area contributed by atoms with Gasteiger partial charge in [0.2, 0.25) is 0 Å². The van der Waals surface area contributed by atoms with Gasteiger partial charge in [-0.15, -0.1) is 0 Å². The summed E-state index contributed by atoms with van der Waals surface area (Å²) in [5.74, 6) is -0.178. The van der Waals surface area contributed by atoms with Crippen molar-refractivity contribution in [2.24, 2.45) is 0 Å². The average Bonchev–Trinajstić information content (AvgIpc) is 2.17. The van der Waals surface area contributed by atoms with E-state index in [1.807, 2.05) is 0 Å². The van der Waals surface area contributed by atoms with E-state index in [0.717, 1.165) is 24.7 Å². The molecule has 1 rings (SSSR count). The predicted molar refractivity (Wildman–Crippen MR) is 46.1 cm³/mol. The first-order chi connectivity index (χ1) is 7.06. The minimum absolute atomic E-state index is 0.178. The Bertz CT molecular complexity index is 429. The lowest BCUT2D eigenvalue weighted by Crippen LogP contribution is -1.97. The van der Waals surface area contributed by atoms with Crippen LogP contribution in [0.15, 0.2) is 18.2 Å². The van der Waals surface area contributed by atoms with Crippen molar-refractivity contribution in [3.8, 4) is 5.75 Å². The van der Waals surface area contributed by atoms with E-state index in [-0.39, 0.29) is 5.75 Å². The number of hydrogen-bond donors (Lipinski definition) is 0. The monoisotopic (exact) mass is 211 g/mol. The van der Waals surface area contributed by atoms with Crippen LogP contribution in [0.25, 0.3) is 0 Å². The van der Waals surface area contributed by atoms with Crippen molar-refractivity contribution in [2.45, 2.75) is 0 Å². The highest BCUT2D eigenvalue weighted by Crippen LogP contribution is 2.30. The van der Waals surface area contributed by atoms with Crippen molar-refractivity contribution in [1.29, 1.82) is 0 Å². The Hall–Kier alpha value is -2.51. The zero-order valence-electron chi connectivity index (χ0n) is 7.08. The van der Waals surface area contributed by atoms with E-state index in [4.69, 9.17) is 0 Å². The summed E-state index contributed by atoms with van der Waals surface area (Å²) in [4.78, 5) is 28.8. The van der Waals surface area contributed by atoms with Gasteiger partial charge in [0, 0.05) is 6.07 Å². The Labute approximate surface area is 82.4 Å². The number of benzene rings is 1. The normalized spacial score (nSPS) is 9.33. The minimum atomic E-state index is -0.935. The quantitative estimate of drug-likeness (QED) is 0.541. The van der Waals surface area contributed by atoms with Crippen molar-refractivity contribution < 1.29 is 19.4 Å². The molecule has 0 fully saturated rings. The van der Waals surface area contributed by atoms with Crippen LogP contribution in [0.3, 0.4) is 0 Å². The summed E-state index contributed by atoms with van der Waals surface area (Å²) in [6.45, 7) is 1.06. The standard InChI is InChI=1S/C7H3N2O6/c10-4-15-5-1-2-6(8(11)12)7(3-5)9(13)14/h1-3H. The molecule has 1 aromatic rings. The van der Waals surface area contributed by atoms with E-state index in [1.165, 1.54) is 0 Å². The van der Waals surface area contributed by atoms with E-state index in [9.17, 15) is 25.0 Å². The Balaban J connectivity index is 3.26. The number of ether oxygens (including phenoxy) is 1. The molecule has 0 aliphatic rings. The van der Waals surface area contributed by atoms with Gasteiger partial charge in [0.1, 0.15) is 5.75 Å². The molecule has 8 nitrogen and oxygen atoms in total. The third-order valence-corrected chi connectivity index (χ3v) is 1.50. The molecule has 0 atom stereocenters. The lowest BCUT2D eigenvalue weighted by atomic mass is 10.2. The summed E-state index contributed by atoms with van der Waals surface area (Å²) in [5.41, 5.74) is -1.41. The summed E-state index contributed by atoms with van der Waals surface area (Å²) >= 11 is 0. The van der Waals surface area contributed by atoms with Gasteiger partial charge in [0.15, 0.2) is 0 Å². The number of nitro benzene ring substituents is 2. The van der Waals surface area contributed by atoms with Gasteiger partial charge in [0.25, 0.3) is 0 Å². The Morgan fingerprint density at radius 2 is 1.73 bits per heavy atom. The first-order valence-electron chi connectivity index (χ1n) is 3.53. The van der Waals surface area contributed by atoms with Gasteiger partial charge >= 0.3 is 17.8 Å². The predicted octanol–water partition coefficient (Wildman–Crippen LogP) is 0.949. The van der Waals surface area contributed by atoms with E-state index in [1.54, 1.807) is 0 Å². The van der Waals surface area contributed by atoms with Gasteiger partial charge in [-0.3, -0.25) is 20.2 Å². The molecule has 0 N–H and O–H groups in total. The third-order valence-electron chi connectivity index (χ3n) is 1.50. The van der Waals surface area contributed by atoms with Crippen molar-refractivity contribution >= 4 is 17.8 Å². The summed E-state index contributed by atoms with van der Waals surface area (Å²) in [6, 6.07) is 2.73. The van der Waals surface area contributed by atoms with Crippen molar-refractivity contribution in [3.05, 3.63) is 38.4 Å². The number of carbonyl (C=O) groups excluding carboxylic acids is 1. The van der Waals surface area contributed by atoms with Crippen LogP contribution in [0, 0.1) is 20.2 Å². The van der Waals surface area contributed by atoms with Gasteiger partial charge in [-0.25, -0.2) is 4.79 Å². The summed E-state index contributed by atoms with van der Waals surface area (Å²) in [5, 5.41) is 20.8. The number of nitro groups is 2. The van der Waals surface area contributed by atoms with E-state index in [2.05, 4.69) is 4.74 Å². The molecule has 0 aliphatic heterocycles. The average molecular weight is 211 g/mol. The Kier molecular flexibility index (Phi) is 2.91. The lowest BCUT2D eigenvalue weighted by molar-refractivity contribution is -0.422. The Morgan fingerprint density at radius 1 is 1.13 bits per heavy atom. The molecular weight excluding hydrogens is 208 g/mol. The van der Waals surface area contributed by atoms with Crippen molar-refractivity contribution in [2.75, 3.05) is 0 Å². The summed E-state index contributed by atoms with van der Waals surface area (Å²) in [7, 11) is 0. The maximum Gasteiger partial charge on any atom is 0.423 e. The molecule has 1 radical (unpaired) electrons. The van der Waals surface area contributed by atoms with E-state index in [0.29, 0.717) is 0 Å². The third kappa shape index (κ3) is 2.24. The second-order valence-electron chi connectivity index (χ2n) is 2.35. The van der Waals surface area contributed by atoms with Crippen LogP contribution in [-0.2, 0) is 4.79 Å². The van der Waals surface area contributed by atoms with Crippen LogP contribution in [0.1, 0.15) is 0 Å². The van der Waals surface area contributed by atoms with Crippen LogP contribution in [0.5, 0.6) is 5.75 Å². The first kappa shape index (κ1) is 10.6. The zero-order chi connectivity index (χ0) is 11.4. The molecule has 0 unspecified atom stereocenters. The molecule has 0 aliphatic carbocycles. The fourth-order valence-corrected chi connectivity index (χ4v) is 0.915. The van der Waals surface area contributed by atoms with Gasteiger partial charge < -0.3 is 4.74 Å². The maximum atomic E-state index is 10.4. The molecule has 0 aromatic heterocycles. The van der Waals surface area contributed by atoms with Crippen LogP contribution in [0.4, 0.5) is 11.4 Å². The molecule has 77 valence electrons. The van der Waals surface area contributed by atoms with Gasteiger partial charge in [-0.05, 0) is 6.07 Å². The molecule has 15 heavy (non-hydrogen) atoms. The molecule has 8 heteroatoms. The van der Waals surface area contributed by atoms with Crippen molar-refractivity contribution in [3.63, 3.8) is 0 Å². The second kappa shape index (κ2) is 4.13. The van der Waals surface area contributed by atoms with E-state index >= 15 is 0 Å². The van der Waals surface area contributed by atoms with Crippen LogP contribution in [-0.4, -0.2) is 16.3 Å². The molecule has 0 saturated heterocycles. The molecule has 0 heterocycles. The number of nitrogens with zero attached hydrogens (tertiary/aromatic N) is 2. The highest BCUT2D eigenvalue weighted by molar-refractivity contribution is 5.58. The van der Waals surface area contributed by atoms with Crippen LogP contribution >= 0.6 is 0 Å². The van der Waals surface area contributed by atoms with Gasteiger partial charge in [-0.2, -0.15) is 0 Å². The molecule has 0 amide bonds. The van der Waals surface area contributed by atoms with Crippen LogP contribution < -0.4 is 4.74 Å². The van der Waals surface area contributed by atoms with Crippen molar-refractivity contribution in [1.82, 2.24) is 0 Å². The molecule has 0 spiro atoms. The smallest absolute Gasteiger partial charge is 0.418 e. The molecule has 1 aromatic carbocycles. The Morgan fingerprint density at radius 3 is 2.20 bits per heavy atom.